The van der Waals surface area contributed by atoms with Crippen molar-refractivity contribution < 1.29 is 17.7 Å². The summed E-state index contributed by atoms with van der Waals surface area (Å²) < 4.78 is 42.9. The molecule has 6 nitrogen and oxygen atoms in total. The van der Waals surface area contributed by atoms with Crippen LogP contribution in [0.15, 0.2) is 16.7 Å². The molecule has 0 amide bonds. The minimum Gasteiger partial charge on any atom is -0.364 e. The molecule has 0 radical (unpaired) electrons. The van der Waals surface area contributed by atoms with E-state index in [1.807, 2.05) is 0 Å². The van der Waals surface area contributed by atoms with E-state index in [2.05, 4.69) is 25.8 Å². The number of alkyl halides is 3. The second-order valence-electron chi connectivity index (χ2n) is 3.99. The molecule has 2 aromatic rings. The number of halogens is 3. The summed E-state index contributed by atoms with van der Waals surface area (Å²) in [5.74, 6) is 0.562. The standard InChI is InChI=1S/C11H12F3N5O/c1-6-3-7(19-20-6)5-16-9-4-8(11(12,13)14)17-10(15-2)18-9/h3-4H,5H2,1-2H3,(H2,15,16,17,18). The molecule has 0 aromatic carbocycles. The van der Waals surface area contributed by atoms with E-state index < -0.39 is 11.9 Å². The Bertz CT molecular complexity index is 596. The Labute approximate surface area is 112 Å². The zero-order valence-corrected chi connectivity index (χ0v) is 10.7. The number of anilines is 2. The van der Waals surface area contributed by atoms with Crippen LogP contribution in [0.1, 0.15) is 17.1 Å². The highest BCUT2D eigenvalue weighted by Gasteiger charge is 2.33. The highest BCUT2D eigenvalue weighted by atomic mass is 19.4. The Hall–Kier alpha value is -2.32. The monoisotopic (exact) mass is 287 g/mol. The maximum Gasteiger partial charge on any atom is 0.433 e. The van der Waals surface area contributed by atoms with Crippen LogP contribution < -0.4 is 10.6 Å². The van der Waals surface area contributed by atoms with Gasteiger partial charge in [0.25, 0.3) is 0 Å². The van der Waals surface area contributed by atoms with E-state index >= 15 is 0 Å². The third-order valence-corrected chi connectivity index (χ3v) is 2.37. The average Bonchev–Trinajstić information content (AvgIpc) is 2.81. The van der Waals surface area contributed by atoms with Gasteiger partial charge in [0.15, 0.2) is 5.69 Å². The van der Waals surface area contributed by atoms with Crippen molar-refractivity contribution >= 4 is 11.8 Å². The van der Waals surface area contributed by atoms with Crippen LogP contribution in [0.2, 0.25) is 0 Å². The molecular weight excluding hydrogens is 275 g/mol. The Kier molecular flexibility index (Phi) is 3.77. The molecule has 20 heavy (non-hydrogen) atoms. The lowest BCUT2D eigenvalue weighted by Gasteiger charge is -2.10. The normalized spacial score (nSPS) is 11.4. The maximum absolute atomic E-state index is 12.7. The van der Waals surface area contributed by atoms with Gasteiger partial charge in [-0.05, 0) is 6.92 Å². The van der Waals surface area contributed by atoms with Crippen LogP contribution in [0.3, 0.4) is 0 Å². The van der Waals surface area contributed by atoms with Gasteiger partial charge in [-0.15, -0.1) is 0 Å². The Morgan fingerprint density at radius 2 is 2.00 bits per heavy atom. The van der Waals surface area contributed by atoms with E-state index in [1.54, 1.807) is 13.0 Å². The molecule has 0 aliphatic carbocycles. The van der Waals surface area contributed by atoms with Crippen LogP contribution in [0.25, 0.3) is 0 Å². The highest BCUT2D eigenvalue weighted by molar-refractivity contribution is 5.43. The largest absolute Gasteiger partial charge is 0.433 e. The second kappa shape index (κ2) is 5.35. The van der Waals surface area contributed by atoms with Crippen LogP contribution >= 0.6 is 0 Å². The quantitative estimate of drug-likeness (QED) is 0.899. The fourth-order valence-corrected chi connectivity index (χ4v) is 1.48. The molecule has 2 heterocycles. The molecule has 0 unspecified atom stereocenters. The first-order valence-electron chi connectivity index (χ1n) is 5.68. The Morgan fingerprint density at radius 1 is 1.25 bits per heavy atom. The molecule has 0 aliphatic heterocycles. The molecule has 2 N–H and O–H groups in total. The first-order valence-corrected chi connectivity index (χ1v) is 5.68. The van der Waals surface area contributed by atoms with E-state index in [9.17, 15) is 13.2 Å². The average molecular weight is 287 g/mol. The number of nitrogens with one attached hydrogen (secondary N) is 2. The second-order valence-corrected chi connectivity index (χ2v) is 3.99. The van der Waals surface area contributed by atoms with E-state index in [-0.39, 0.29) is 18.3 Å². The minimum absolute atomic E-state index is 0.0531. The van der Waals surface area contributed by atoms with Crippen molar-refractivity contribution in [1.29, 1.82) is 0 Å². The summed E-state index contributed by atoms with van der Waals surface area (Å²) in [5.41, 5.74) is -0.448. The highest BCUT2D eigenvalue weighted by Crippen LogP contribution is 2.29. The third kappa shape index (κ3) is 3.37. The van der Waals surface area contributed by atoms with Gasteiger partial charge in [0.05, 0.1) is 6.54 Å². The van der Waals surface area contributed by atoms with E-state index in [4.69, 9.17) is 4.52 Å². The maximum atomic E-state index is 12.7. The van der Waals surface area contributed by atoms with Gasteiger partial charge < -0.3 is 15.2 Å². The predicted molar refractivity (Wildman–Crippen MR) is 65.1 cm³/mol. The molecule has 0 bridgehead atoms. The van der Waals surface area contributed by atoms with Gasteiger partial charge in [-0.1, -0.05) is 5.16 Å². The zero-order chi connectivity index (χ0) is 14.8. The van der Waals surface area contributed by atoms with Gasteiger partial charge >= 0.3 is 6.18 Å². The van der Waals surface area contributed by atoms with E-state index in [0.29, 0.717) is 11.5 Å². The van der Waals surface area contributed by atoms with Crippen molar-refractivity contribution in [3.05, 3.63) is 29.3 Å². The van der Waals surface area contributed by atoms with Gasteiger partial charge in [-0.2, -0.15) is 18.2 Å². The van der Waals surface area contributed by atoms with Crippen LogP contribution in [0.5, 0.6) is 0 Å². The lowest BCUT2D eigenvalue weighted by atomic mass is 10.3. The molecule has 0 fully saturated rings. The van der Waals surface area contributed by atoms with Crippen molar-refractivity contribution in [3.8, 4) is 0 Å². The van der Waals surface area contributed by atoms with Gasteiger partial charge in [0.1, 0.15) is 17.3 Å². The van der Waals surface area contributed by atoms with Crippen molar-refractivity contribution in [2.45, 2.75) is 19.6 Å². The molecular formula is C11H12F3N5O. The van der Waals surface area contributed by atoms with Gasteiger partial charge in [-0.25, -0.2) is 4.98 Å². The van der Waals surface area contributed by atoms with E-state index in [0.717, 1.165) is 6.07 Å². The number of aromatic nitrogens is 3. The van der Waals surface area contributed by atoms with Crippen LogP contribution in [0, 0.1) is 6.92 Å². The molecule has 0 atom stereocenters. The number of aryl methyl sites for hydroxylation is 1. The molecule has 0 aliphatic rings. The van der Waals surface area contributed by atoms with Gasteiger partial charge in [-0.3, -0.25) is 0 Å². The molecule has 0 saturated carbocycles. The molecule has 0 spiro atoms. The van der Waals surface area contributed by atoms with E-state index in [1.165, 1.54) is 7.05 Å². The number of hydrogen-bond acceptors (Lipinski definition) is 6. The molecule has 108 valence electrons. The smallest absolute Gasteiger partial charge is 0.364 e. The van der Waals surface area contributed by atoms with Crippen molar-refractivity contribution in [3.63, 3.8) is 0 Å². The molecule has 9 heteroatoms. The fourth-order valence-electron chi connectivity index (χ4n) is 1.48. The summed E-state index contributed by atoms with van der Waals surface area (Å²) >= 11 is 0. The predicted octanol–water partition coefficient (Wildman–Crippen LogP) is 2.45. The van der Waals surface area contributed by atoms with Crippen LogP contribution in [-0.2, 0) is 12.7 Å². The van der Waals surface area contributed by atoms with Gasteiger partial charge in [0, 0.05) is 19.2 Å². The van der Waals surface area contributed by atoms with Gasteiger partial charge in [0.2, 0.25) is 5.95 Å². The van der Waals surface area contributed by atoms with Crippen LogP contribution in [-0.4, -0.2) is 22.2 Å². The van der Waals surface area contributed by atoms with Crippen LogP contribution in [0.4, 0.5) is 24.9 Å². The third-order valence-electron chi connectivity index (χ3n) is 2.37. The van der Waals surface area contributed by atoms with Crippen molar-refractivity contribution in [1.82, 2.24) is 15.1 Å². The molecule has 2 rings (SSSR count). The minimum atomic E-state index is -4.53. The number of rotatable bonds is 4. The molecule has 0 saturated heterocycles. The SMILES string of the molecule is CNc1nc(NCc2cc(C)on2)cc(C(F)(F)F)n1. The summed E-state index contributed by atoms with van der Waals surface area (Å²) in [6, 6.07) is 2.52. The molecule has 2 aromatic heterocycles. The first kappa shape index (κ1) is 14.1. The van der Waals surface area contributed by atoms with Crippen molar-refractivity contribution in [2.75, 3.05) is 17.7 Å². The fraction of sp³-hybridized carbons (Fsp3) is 0.364. The number of nitrogens with zero attached hydrogens (tertiary/aromatic N) is 3. The lowest BCUT2D eigenvalue weighted by molar-refractivity contribution is -0.141. The summed E-state index contributed by atoms with van der Waals surface area (Å²) in [5, 5.41) is 8.96. The number of hydrogen-bond donors (Lipinski definition) is 2. The Morgan fingerprint density at radius 3 is 2.55 bits per heavy atom. The van der Waals surface area contributed by atoms with Crippen molar-refractivity contribution in [2.24, 2.45) is 0 Å². The summed E-state index contributed by atoms with van der Waals surface area (Å²) in [4.78, 5) is 7.26. The zero-order valence-electron chi connectivity index (χ0n) is 10.7. The first-order chi connectivity index (χ1) is 9.38. The summed E-state index contributed by atoms with van der Waals surface area (Å²) in [6.07, 6.45) is -4.53. The topological polar surface area (TPSA) is 75.9 Å². The summed E-state index contributed by atoms with van der Waals surface area (Å²) in [6.45, 7) is 1.93. The Balaban J connectivity index is 2.18. The lowest BCUT2D eigenvalue weighted by Crippen LogP contribution is -2.13. The summed E-state index contributed by atoms with van der Waals surface area (Å²) in [7, 11) is 1.44.